The highest BCUT2D eigenvalue weighted by Crippen LogP contribution is 2.32. The van der Waals surface area contributed by atoms with Crippen molar-refractivity contribution in [1.29, 1.82) is 0 Å². The summed E-state index contributed by atoms with van der Waals surface area (Å²) in [5.74, 6) is 1.25. The maximum absolute atomic E-state index is 11.7. The molecule has 7 nitrogen and oxygen atoms in total. The third-order valence-electron chi connectivity index (χ3n) is 4.73. The fraction of sp³-hybridized carbons (Fsp3) is 0.619. The molecule has 0 aromatic heterocycles. The van der Waals surface area contributed by atoms with Crippen LogP contribution in [-0.2, 0) is 9.47 Å². The highest BCUT2D eigenvalue weighted by atomic mass is 127. The number of aliphatic imine (C=N–C) groups is 1. The standard InChI is InChI=1S/C21H34N4O3.HI/c1-4-27-21(26)25-19(18-11-12-18)15-24-20(22-3)23-13-8-14-28-16(2)17-9-6-5-7-10-17;/h5-7,9-10,16,18-19H,4,8,11-15H2,1-3H3,(H,25,26)(H2,22,23,24);1H. The van der Waals surface area contributed by atoms with Gasteiger partial charge < -0.3 is 25.4 Å². The summed E-state index contributed by atoms with van der Waals surface area (Å²) in [6.07, 6.45) is 2.90. The molecular formula is C21H35IN4O3. The largest absolute Gasteiger partial charge is 0.450 e. The first-order chi connectivity index (χ1) is 13.6. The number of hydrogen-bond donors (Lipinski definition) is 3. The van der Waals surface area contributed by atoms with Gasteiger partial charge in [0.25, 0.3) is 0 Å². The molecule has 1 fully saturated rings. The molecule has 164 valence electrons. The van der Waals surface area contributed by atoms with E-state index in [1.165, 1.54) is 5.56 Å². The molecule has 1 saturated carbocycles. The number of benzene rings is 1. The minimum Gasteiger partial charge on any atom is -0.450 e. The third kappa shape index (κ3) is 10.2. The van der Waals surface area contributed by atoms with Crippen molar-refractivity contribution < 1.29 is 14.3 Å². The van der Waals surface area contributed by atoms with E-state index in [0.29, 0.717) is 25.7 Å². The summed E-state index contributed by atoms with van der Waals surface area (Å²) in [5, 5.41) is 9.52. The molecule has 2 unspecified atom stereocenters. The molecule has 0 aliphatic heterocycles. The Hall–Kier alpha value is -1.55. The Morgan fingerprint density at radius 1 is 1.24 bits per heavy atom. The minimum atomic E-state index is -0.353. The van der Waals surface area contributed by atoms with Crippen LogP contribution in [0.3, 0.4) is 0 Å². The molecule has 2 atom stereocenters. The first kappa shape index (κ1) is 25.5. The number of guanidine groups is 1. The third-order valence-corrected chi connectivity index (χ3v) is 4.73. The van der Waals surface area contributed by atoms with Crippen molar-refractivity contribution in [1.82, 2.24) is 16.0 Å². The van der Waals surface area contributed by atoms with Gasteiger partial charge in [-0.2, -0.15) is 0 Å². The van der Waals surface area contributed by atoms with Crippen LogP contribution in [-0.4, -0.2) is 51.4 Å². The van der Waals surface area contributed by atoms with Crippen molar-refractivity contribution in [2.45, 2.75) is 45.3 Å². The van der Waals surface area contributed by atoms with Gasteiger partial charge in [-0.05, 0) is 44.6 Å². The fourth-order valence-corrected chi connectivity index (χ4v) is 2.94. The normalized spacial score (nSPS) is 15.6. The van der Waals surface area contributed by atoms with Crippen molar-refractivity contribution in [2.24, 2.45) is 10.9 Å². The van der Waals surface area contributed by atoms with Crippen LogP contribution in [0.15, 0.2) is 35.3 Å². The molecule has 1 aromatic carbocycles. The first-order valence-electron chi connectivity index (χ1n) is 10.2. The molecule has 8 heteroatoms. The van der Waals surface area contributed by atoms with E-state index in [1.807, 2.05) is 18.2 Å². The molecule has 0 spiro atoms. The lowest BCUT2D eigenvalue weighted by molar-refractivity contribution is 0.0646. The van der Waals surface area contributed by atoms with Gasteiger partial charge in [-0.3, -0.25) is 4.99 Å². The summed E-state index contributed by atoms with van der Waals surface area (Å²) >= 11 is 0. The van der Waals surface area contributed by atoms with Crippen LogP contribution in [0.25, 0.3) is 0 Å². The van der Waals surface area contributed by atoms with Crippen LogP contribution in [0.4, 0.5) is 4.79 Å². The monoisotopic (exact) mass is 518 g/mol. The number of carbonyl (C=O) groups excluding carboxylic acids is 1. The summed E-state index contributed by atoms with van der Waals surface area (Å²) in [4.78, 5) is 15.9. The number of hydrogen-bond acceptors (Lipinski definition) is 4. The smallest absolute Gasteiger partial charge is 0.407 e. The predicted molar refractivity (Wildman–Crippen MR) is 127 cm³/mol. The Kier molecular flexibility index (Phi) is 12.7. The van der Waals surface area contributed by atoms with Gasteiger partial charge in [0.05, 0.1) is 18.8 Å². The second kappa shape index (κ2) is 14.4. The van der Waals surface area contributed by atoms with Gasteiger partial charge in [-0.1, -0.05) is 30.3 Å². The summed E-state index contributed by atoms with van der Waals surface area (Å²) in [7, 11) is 1.74. The summed E-state index contributed by atoms with van der Waals surface area (Å²) in [6.45, 7) is 6.32. The van der Waals surface area contributed by atoms with Gasteiger partial charge in [-0.15, -0.1) is 24.0 Å². The molecule has 2 rings (SSSR count). The average molecular weight is 518 g/mol. The molecule has 3 N–H and O–H groups in total. The van der Waals surface area contributed by atoms with Crippen molar-refractivity contribution in [2.75, 3.05) is 33.4 Å². The number of halogens is 1. The van der Waals surface area contributed by atoms with Gasteiger partial charge in [0.2, 0.25) is 0 Å². The van der Waals surface area contributed by atoms with Crippen molar-refractivity contribution >= 4 is 36.0 Å². The van der Waals surface area contributed by atoms with Crippen molar-refractivity contribution in [3.8, 4) is 0 Å². The molecule has 0 saturated heterocycles. The number of amides is 1. The summed E-state index contributed by atoms with van der Waals surface area (Å²) in [6, 6.07) is 10.3. The lowest BCUT2D eigenvalue weighted by Gasteiger charge is -2.20. The van der Waals surface area contributed by atoms with Crippen LogP contribution in [0.1, 0.15) is 44.8 Å². The maximum Gasteiger partial charge on any atom is 0.407 e. The van der Waals surface area contributed by atoms with Crippen LogP contribution in [0, 0.1) is 5.92 Å². The topological polar surface area (TPSA) is 84.0 Å². The molecule has 0 bridgehead atoms. The summed E-state index contributed by atoms with van der Waals surface area (Å²) in [5.41, 5.74) is 1.19. The first-order valence-corrected chi connectivity index (χ1v) is 10.2. The number of rotatable bonds is 11. The Morgan fingerprint density at radius 2 is 1.97 bits per heavy atom. The minimum absolute atomic E-state index is 0. The molecule has 1 aliphatic rings. The zero-order chi connectivity index (χ0) is 20.2. The Bertz CT molecular complexity index is 611. The number of nitrogens with zero attached hydrogens (tertiary/aromatic N) is 1. The van der Waals surface area contributed by atoms with Crippen molar-refractivity contribution in [3.63, 3.8) is 0 Å². The Labute approximate surface area is 191 Å². The van der Waals surface area contributed by atoms with Crippen LogP contribution >= 0.6 is 24.0 Å². The fourth-order valence-electron chi connectivity index (χ4n) is 2.94. The van der Waals surface area contributed by atoms with Gasteiger partial charge in [0.1, 0.15) is 0 Å². The molecule has 1 aromatic rings. The molecule has 29 heavy (non-hydrogen) atoms. The van der Waals surface area contributed by atoms with E-state index in [4.69, 9.17) is 9.47 Å². The van der Waals surface area contributed by atoms with Crippen LogP contribution < -0.4 is 16.0 Å². The second-order valence-electron chi connectivity index (χ2n) is 6.97. The SMILES string of the molecule is CCOC(=O)NC(CNC(=NC)NCCCOC(C)c1ccccc1)C1CC1.I. The lowest BCUT2D eigenvalue weighted by atomic mass is 10.1. The lowest BCUT2D eigenvalue weighted by Crippen LogP contribution is -2.48. The zero-order valence-corrected chi connectivity index (χ0v) is 20.0. The quantitative estimate of drug-likeness (QED) is 0.181. The molecular weight excluding hydrogens is 483 g/mol. The number of nitrogens with one attached hydrogen (secondary N) is 3. The Morgan fingerprint density at radius 3 is 2.59 bits per heavy atom. The molecule has 1 amide bonds. The highest BCUT2D eigenvalue weighted by Gasteiger charge is 2.32. The number of carbonyl (C=O) groups is 1. The molecule has 0 heterocycles. The highest BCUT2D eigenvalue weighted by molar-refractivity contribution is 14.0. The van der Waals surface area contributed by atoms with E-state index < -0.39 is 0 Å². The van der Waals surface area contributed by atoms with E-state index >= 15 is 0 Å². The van der Waals surface area contributed by atoms with Gasteiger partial charge >= 0.3 is 6.09 Å². The van der Waals surface area contributed by atoms with Crippen LogP contribution in [0.5, 0.6) is 0 Å². The number of alkyl carbamates (subject to hydrolysis) is 1. The number of ether oxygens (including phenoxy) is 2. The predicted octanol–water partition coefficient (Wildman–Crippen LogP) is 3.46. The summed E-state index contributed by atoms with van der Waals surface area (Å²) < 4.78 is 10.9. The molecule has 1 aliphatic carbocycles. The van der Waals surface area contributed by atoms with Gasteiger partial charge in [0, 0.05) is 26.7 Å². The van der Waals surface area contributed by atoms with E-state index in [2.05, 4.69) is 40.0 Å². The molecule has 0 radical (unpaired) electrons. The van der Waals surface area contributed by atoms with E-state index in [0.717, 1.165) is 31.8 Å². The zero-order valence-electron chi connectivity index (χ0n) is 17.6. The Balaban J connectivity index is 0.00000420. The van der Waals surface area contributed by atoms with Crippen LogP contribution in [0.2, 0.25) is 0 Å². The van der Waals surface area contributed by atoms with E-state index in [-0.39, 0.29) is 42.2 Å². The van der Waals surface area contributed by atoms with E-state index in [1.54, 1.807) is 14.0 Å². The van der Waals surface area contributed by atoms with Gasteiger partial charge in [-0.25, -0.2) is 4.79 Å². The average Bonchev–Trinajstić information content (AvgIpc) is 3.55. The second-order valence-corrected chi connectivity index (χ2v) is 6.97. The van der Waals surface area contributed by atoms with E-state index in [9.17, 15) is 4.79 Å². The van der Waals surface area contributed by atoms with Crippen molar-refractivity contribution in [3.05, 3.63) is 35.9 Å². The maximum atomic E-state index is 11.7. The van der Waals surface area contributed by atoms with Gasteiger partial charge in [0.15, 0.2) is 5.96 Å².